The van der Waals surface area contributed by atoms with E-state index in [1.807, 2.05) is 0 Å². The molecule has 2 nitrogen and oxygen atoms in total. The highest BCUT2D eigenvalue weighted by atomic mass is 15.2. The van der Waals surface area contributed by atoms with Crippen molar-refractivity contribution < 1.29 is 0 Å². The summed E-state index contributed by atoms with van der Waals surface area (Å²) in [6.45, 7) is 43.6. The predicted molar refractivity (Wildman–Crippen MR) is 313 cm³/mol. The minimum absolute atomic E-state index is 0.0465. The molecule has 3 atom stereocenters. The van der Waals surface area contributed by atoms with Gasteiger partial charge in [0, 0.05) is 34.1 Å². The van der Waals surface area contributed by atoms with Crippen molar-refractivity contribution in [1.29, 1.82) is 0 Å². The second-order valence-corrected chi connectivity index (χ2v) is 28.7. The van der Waals surface area contributed by atoms with E-state index < -0.39 is 0 Å². The molecule has 0 bridgehead atoms. The molecule has 6 aromatic rings. The summed E-state index contributed by atoms with van der Waals surface area (Å²) in [6.07, 6.45) is 8.61. The van der Waals surface area contributed by atoms with E-state index in [9.17, 15) is 0 Å². The third-order valence-electron chi connectivity index (χ3n) is 19.8. The first-order valence-corrected chi connectivity index (χ1v) is 28.0. The lowest BCUT2D eigenvalue weighted by atomic mass is 9.33. The van der Waals surface area contributed by atoms with E-state index in [0.29, 0.717) is 5.92 Å². The Morgan fingerprint density at radius 1 is 0.472 bits per heavy atom. The monoisotopic (exact) mass is 953 g/mol. The summed E-state index contributed by atoms with van der Waals surface area (Å²) in [7, 11) is 0. The molecule has 2 heterocycles. The Balaban J connectivity index is 1.18. The lowest BCUT2D eigenvalue weighted by Crippen LogP contribution is -2.62. The Kier molecular flexibility index (Phi) is 10.9. The van der Waals surface area contributed by atoms with Crippen LogP contribution in [-0.4, -0.2) is 6.71 Å². The summed E-state index contributed by atoms with van der Waals surface area (Å²) in [5, 5.41) is 0. The molecule has 11 rings (SSSR count). The number of nitrogens with zero attached hydrogens (tertiary/aromatic N) is 2. The topological polar surface area (TPSA) is 6.48 Å². The lowest BCUT2D eigenvalue weighted by Gasteiger charge is -2.49. The molecule has 2 aliphatic heterocycles. The fourth-order valence-electron chi connectivity index (χ4n) is 14.9. The third-order valence-corrected chi connectivity index (χ3v) is 19.8. The highest BCUT2D eigenvalue weighted by molar-refractivity contribution is 7.00. The van der Waals surface area contributed by atoms with Crippen LogP contribution >= 0.6 is 0 Å². The summed E-state index contributed by atoms with van der Waals surface area (Å²) in [6, 6.07) is 40.5. The molecule has 5 aliphatic rings. The van der Waals surface area contributed by atoms with Crippen LogP contribution in [0.25, 0.3) is 0 Å². The standard InChI is InChI=1S/C69H85BN2/c1-42-33-60-62-61(34-42)72(57-28-24-47(36-44(57)3)64(7,8)9)59-41-53-52(66(13,14)31-32-67(53,15)16)40-55(59)70(62)54-26-21-45(38-58(54)71(60)56-27-23-46(35-43(56)2)63(4,5)6)37-50-49-25-22-48(65(10,11)12)39-51(49)69(18)30-20-19-29-68(50,69)17/h21-28,33-36,38-41,50H,19-20,29-32,37H2,1-18H3. The minimum Gasteiger partial charge on any atom is -0.311 e. The van der Waals surface area contributed by atoms with Crippen LogP contribution < -0.4 is 26.2 Å². The number of fused-ring (bicyclic) bond motifs is 8. The molecular formula is C69H85BN2. The number of rotatable bonds is 4. The highest BCUT2D eigenvalue weighted by Gasteiger charge is 2.58. The first-order valence-electron chi connectivity index (χ1n) is 28.0. The van der Waals surface area contributed by atoms with Gasteiger partial charge in [0.2, 0.25) is 0 Å². The van der Waals surface area contributed by atoms with E-state index >= 15 is 0 Å². The van der Waals surface area contributed by atoms with E-state index in [1.165, 1.54) is 139 Å². The fraction of sp³-hybridized carbons (Fsp3) is 0.478. The zero-order chi connectivity index (χ0) is 51.6. The molecule has 0 radical (unpaired) electrons. The number of anilines is 6. The van der Waals surface area contributed by atoms with E-state index in [4.69, 9.17) is 0 Å². The number of aryl methyl sites for hydroxylation is 3. The Bertz CT molecular complexity index is 3210. The van der Waals surface area contributed by atoms with E-state index in [1.54, 1.807) is 11.1 Å². The normalized spacial score (nSPS) is 22.7. The van der Waals surface area contributed by atoms with Crippen LogP contribution in [0.2, 0.25) is 0 Å². The Hall–Kier alpha value is -5.02. The van der Waals surface area contributed by atoms with Gasteiger partial charge in [-0.25, -0.2) is 0 Å². The molecule has 3 unspecified atom stereocenters. The molecule has 0 amide bonds. The van der Waals surface area contributed by atoms with Gasteiger partial charge in [-0.1, -0.05) is 177 Å². The van der Waals surface area contributed by atoms with Crippen molar-refractivity contribution in [2.45, 2.75) is 208 Å². The summed E-state index contributed by atoms with van der Waals surface area (Å²) in [4.78, 5) is 5.40. The molecule has 72 heavy (non-hydrogen) atoms. The second-order valence-electron chi connectivity index (χ2n) is 28.7. The number of hydrogen-bond acceptors (Lipinski definition) is 2. The molecule has 1 fully saturated rings. The molecule has 1 saturated carbocycles. The minimum atomic E-state index is 0.0465. The largest absolute Gasteiger partial charge is 0.311 e. The summed E-state index contributed by atoms with van der Waals surface area (Å²) in [5.74, 6) is 0.449. The third kappa shape index (κ3) is 7.37. The van der Waals surface area contributed by atoms with Crippen LogP contribution in [0.1, 0.15) is 209 Å². The van der Waals surface area contributed by atoms with E-state index in [-0.39, 0.29) is 44.6 Å². The van der Waals surface area contributed by atoms with Crippen molar-refractivity contribution in [3.05, 3.63) is 158 Å². The van der Waals surface area contributed by atoms with Gasteiger partial charge in [0.05, 0.1) is 0 Å². The zero-order valence-corrected chi connectivity index (χ0v) is 47.7. The van der Waals surface area contributed by atoms with Crippen molar-refractivity contribution in [2.75, 3.05) is 9.80 Å². The summed E-state index contributed by atoms with van der Waals surface area (Å²) >= 11 is 0. The maximum absolute atomic E-state index is 2.71. The van der Waals surface area contributed by atoms with Gasteiger partial charge in [-0.15, -0.1) is 0 Å². The maximum atomic E-state index is 2.71. The molecule has 0 aromatic heterocycles. The van der Waals surface area contributed by atoms with Gasteiger partial charge >= 0.3 is 0 Å². The second kappa shape index (κ2) is 16.0. The first kappa shape index (κ1) is 49.2. The van der Waals surface area contributed by atoms with E-state index in [0.717, 1.165) is 6.42 Å². The van der Waals surface area contributed by atoms with E-state index in [2.05, 4.69) is 231 Å². The van der Waals surface area contributed by atoms with Crippen molar-refractivity contribution in [2.24, 2.45) is 5.41 Å². The van der Waals surface area contributed by atoms with Gasteiger partial charge in [-0.05, 0) is 211 Å². The molecule has 3 aliphatic carbocycles. The van der Waals surface area contributed by atoms with Gasteiger partial charge in [-0.3, -0.25) is 0 Å². The van der Waals surface area contributed by atoms with Crippen LogP contribution in [0, 0.1) is 26.2 Å². The molecule has 0 N–H and O–H groups in total. The van der Waals surface area contributed by atoms with Gasteiger partial charge in [-0.2, -0.15) is 0 Å². The molecule has 374 valence electrons. The predicted octanol–water partition coefficient (Wildman–Crippen LogP) is 17.1. The molecule has 6 aromatic carbocycles. The Morgan fingerprint density at radius 2 is 0.972 bits per heavy atom. The van der Waals surface area contributed by atoms with Crippen molar-refractivity contribution in [1.82, 2.24) is 0 Å². The van der Waals surface area contributed by atoms with Crippen LogP contribution in [0.15, 0.2) is 97.1 Å². The average Bonchev–Trinajstić information content (AvgIpc) is 3.48. The average molecular weight is 953 g/mol. The fourth-order valence-corrected chi connectivity index (χ4v) is 14.9. The molecule has 0 saturated heterocycles. The van der Waals surface area contributed by atoms with Crippen LogP contribution in [0.5, 0.6) is 0 Å². The molecule has 0 spiro atoms. The first-order chi connectivity index (χ1) is 33.5. The maximum Gasteiger partial charge on any atom is 0.252 e. The highest BCUT2D eigenvalue weighted by Crippen LogP contribution is 2.66. The van der Waals surface area contributed by atoms with Gasteiger partial charge in [0.25, 0.3) is 6.71 Å². The smallest absolute Gasteiger partial charge is 0.252 e. The van der Waals surface area contributed by atoms with Crippen molar-refractivity contribution >= 4 is 57.2 Å². The number of hydrogen-bond donors (Lipinski definition) is 0. The quantitative estimate of drug-likeness (QED) is 0.162. The Labute approximate surface area is 436 Å². The SMILES string of the molecule is Cc1cc2c3c(c1)N(c1ccc(C(C)(C)C)cc1C)c1cc4c(cc1B3c1ccc(CC3c5ccc(C(C)(C)C)cc5C5(C)CCCCC35C)cc1N2c1ccc(C(C)(C)C)cc1C)C(C)(C)CCC4(C)C. The molecular weight excluding hydrogens is 868 g/mol. The van der Waals surface area contributed by atoms with Crippen molar-refractivity contribution in [3.63, 3.8) is 0 Å². The van der Waals surface area contributed by atoms with Crippen molar-refractivity contribution in [3.8, 4) is 0 Å². The van der Waals surface area contributed by atoms with Gasteiger partial charge in [0.1, 0.15) is 0 Å². The zero-order valence-electron chi connectivity index (χ0n) is 47.7. The summed E-state index contributed by atoms with van der Waals surface area (Å²) in [5.41, 5.74) is 28.7. The molecule has 3 heteroatoms. The lowest BCUT2D eigenvalue weighted by molar-refractivity contribution is 0.0794. The van der Waals surface area contributed by atoms with Crippen LogP contribution in [0.3, 0.4) is 0 Å². The van der Waals surface area contributed by atoms with Crippen LogP contribution in [0.4, 0.5) is 34.1 Å². The van der Waals surface area contributed by atoms with Gasteiger partial charge < -0.3 is 9.80 Å². The van der Waals surface area contributed by atoms with Gasteiger partial charge in [0.15, 0.2) is 0 Å². The number of benzene rings is 6. The van der Waals surface area contributed by atoms with Crippen LogP contribution in [-0.2, 0) is 38.9 Å². The Morgan fingerprint density at radius 3 is 1.51 bits per heavy atom. The summed E-state index contributed by atoms with van der Waals surface area (Å²) < 4.78 is 0.